The minimum Gasteiger partial charge on any atom is -0.448 e. The molecule has 13 nitrogen and oxygen atoms in total. The van der Waals surface area contributed by atoms with E-state index in [1.54, 1.807) is 11.8 Å². The zero-order chi connectivity index (χ0) is 36.1. The average molecular weight is 679 g/mol. The molecule has 1 heterocycles. The predicted octanol–water partition coefficient (Wildman–Crippen LogP) is 2.72. The van der Waals surface area contributed by atoms with Crippen LogP contribution in [0.5, 0.6) is 0 Å². The molecule has 48 heavy (non-hydrogen) atoms. The molecule has 13 heteroatoms. The summed E-state index contributed by atoms with van der Waals surface area (Å²) < 4.78 is 5.38. The average Bonchev–Trinajstić information content (AvgIpc) is 3.48. The van der Waals surface area contributed by atoms with E-state index in [9.17, 15) is 29.1 Å². The summed E-state index contributed by atoms with van der Waals surface area (Å²) in [6.45, 7) is 18.0. The Morgan fingerprint density at radius 3 is 2.27 bits per heavy atom. The molecule has 2 aliphatic rings. The summed E-state index contributed by atoms with van der Waals surface area (Å²) in [6.07, 6.45) is 6.16. The normalized spacial score (nSPS) is 21.7. The van der Waals surface area contributed by atoms with Crippen molar-refractivity contribution in [1.29, 1.82) is 0 Å². The van der Waals surface area contributed by atoms with E-state index < -0.39 is 65.0 Å². The first kappa shape index (κ1) is 41.1. The Hall–Kier alpha value is -3.03. The van der Waals surface area contributed by atoms with Gasteiger partial charge in [0.15, 0.2) is 6.35 Å². The number of aliphatic hydroxyl groups excluding tert-OH is 1. The number of amides is 4. The molecule has 0 aromatic heterocycles. The van der Waals surface area contributed by atoms with E-state index in [-0.39, 0.29) is 31.4 Å². The molecule has 0 bridgehead atoms. The minimum atomic E-state index is -1.32. The number of hydrogen-bond donors (Lipinski definition) is 6. The lowest BCUT2D eigenvalue weighted by atomic mass is 9.70. The maximum atomic E-state index is 14.6. The van der Waals surface area contributed by atoms with Crippen molar-refractivity contribution < 1.29 is 33.8 Å². The number of alkyl carbamates (subject to hydrolysis) is 1. The summed E-state index contributed by atoms with van der Waals surface area (Å²) in [5.74, 6) is -2.41. The number of ether oxygens (including phenoxy) is 1. The maximum Gasteiger partial charge on any atom is 0.407 e. The van der Waals surface area contributed by atoms with Crippen molar-refractivity contribution in [2.24, 2.45) is 16.7 Å². The standard InChI is InChI=1S/C35H62N6O7/c1-9-16-24(27(42)30(44)37-20-10-2)38-29(43)26-23(11-3)17-21-41(26)31(45)28(35(8)18-14-13-15-19-35)40-32(46)39-25(34(5,6)7)22-48-33(47)36-12-4/h10,23-26,28,32,39-40,46H,2,9,11-22H2,1,3-8H3,(H,36,47)(H,37,44)(H,38,43)/t23-,24?,25+,26?,28?,32?/m0/s1. The smallest absolute Gasteiger partial charge is 0.407 e. The van der Waals surface area contributed by atoms with Crippen LogP contribution in [0.25, 0.3) is 0 Å². The van der Waals surface area contributed by atoms with Gasteiger partial charge in [-0.25, -0.2) is 4.79 Å². The van der Waals surface area contributed by atoms with Gasteiger partial charge in [0.2, 0.25) is 17.6 Å². The Labute approximate surface area is 287 Å². The molecule has 4 unspecified atom stereocenters. The molecule has 6 N–H and O–H groups in total. The summed E-state index contributed by atoms with van der Waals surface area (Å²) in [6, 6.07) is -3.13. The van der Waals surface area contributed by atoms with Crippen molar-refractivity contribution in [2.75, 3.05) is 26.2 Å². The number of hydrogen-bond acceptors (Lipinski definition) is 9. The van der Waals surface area contributed by atoms with Gasteiger partial charge in [-0.05, 0) is 49.4 Å². The molecule has 2 rings (SSSR count). The van der Waals surface area contributed by atoms with Crippen LogP contribution in [-0.4, -0.2) is 96.4 Å². The largest absolute Gasteiger partial charge is 0.448 e. The number of likely N-dealkylation sites (tertiary alicyclic amines) is 1. The van der Waals surface area contributed by atoms with Crippen LogP contribution in [0.2, 0.25) is 0 Å². The number of rotatable bonds is 18. The number of aliphatic hydroxyl groups is 1. The van der Waals surface area contributed by atoms with Crippen LogP contribution in [0.15, 0.2) is 12.7 Å². The fourth-order valence-electron chi connectivity index (χ4n) is 6.80. The molecule has 6 atom stereocenters. The summed E-state index contributed by atoms with van der Waals surface area (Å²) in [5, 5.41) is 25.6. The molecule has 0 aromatic rings. The number of nitrogens with one attached hydrogen (secondary N) is 5. The Bertz CT molecular complexity index is 1100. The highest BCUT2D eigenvalue weighted by molar-refractivity contribution is 6.38. The van der Waals surface area contributed by atoms with Gasteiger partial charge in [-0.3, -0.25) is 29.8 Å². The lowest BCUT2D eigenvalue weighted by Crippen LogP contribution is -2.64. The highest BCUT2D eigenvalue weighted by atomic mass is 16.5. The SMILES string of the molecule is C=CCNC(=O)C(=O)C(CCC)NC(=O)C1[C@@H](CC)CCN1C(=O)C(NC(O)N[C@H](COC(=O)NCC)C(C)(C)C)C1(C)CCCCC1. The lowest BCUT2D eigenvalue weighted by Gasteiger charge is -2.44. The molecular weight excluding hydrogens is 616 g/mol. The Morgan fingerprint density at radius 1 is 1.04 bits per heavy atom. The second kappa shape index (κ2) is 19.2. The van der Waals surface area contributed by atoms with Gasteiger partial charge in [0.05, 0.1) is 12.1 Å². The third-order valence-electron chi connectivity index (χ3n) is 9.81. The zero-order valence-electron chi connectivity index (χ0n) is 30.3. The summed E-state index contributed by atoms with van der Waals surface area (Å²) in [5.41, 5.74) is -0.910. The Balaban J connectivity index is 2.35. The van der Waals surface area contributed by atoms with E-state index in [2.05, 4.69) is 33.2 Å². The van der Waals surface area contributed by atoms with Gasteiger partial charge < -0.3 is 30.7 Å². The van der Waals surface area contributed by atoms with E-state index in [4.69, 9.17) is 4.74 Å². The Morgan fingerprint density at radius 2 is 1.71 bits per heavy atom. The van der Waals surface area contributed by atoms with E-state index in [0.717, 1.165) is 32.1 Å². The second-order valence-electron chi connectivity index (χ2n) is 14.6. The molecule has 0 aromatic carbocycles. The van der Waals surface area contributed by atoms with Crippen molar-refractivity contribution in [1.82, 2.24) is 31.5 Å². The van der Waals surface area contributed by atoms with Crippen molar-refractivity contribution >= 4 is 29.6 Å². The van der Waals surface area contributed by atoms with Gasteiger partial charge in [0, 0.05) is 25.7 Å². The number of ketones is 1. The molecular formula is C35H62N6O7. The fraction of sp³-hybridized carbons (Fsp3) is 0.800. The van der Waals surface area contributed by atoms with Gasteiger partial charge in [-0.15, -0.1) is 6.58 Å². The van der Waals surface area contributed by atoms with Gasteiger partial charge in [-0.1, -0.05) is 79.7 Å². The van der Waals surface area contributed by atoms with Gasteiger partial charge in [-0.2, -0.15) is 0 Å². The topological polar surface area (TPSA) is 178 Å². The van der Waals surface area contributed by atoms with Gasteiger partial charge in [0.25, 0.3) is 5.91 Å². The number of nitrogens with zero attached hydrogens (tertiary/aromatic N) is 1. The minimum absolute atomic E-state index is 0.000234. The van der Waals surface area contributed by atoms with Crippen molar-refractivity contribution in [3.63, 3.8) is 0 Å². The molecule has 1 aliphatic heterocycles. The monoisotopic (exact) mass is 678 g/mol. The summed E-state index contributed by atoms with van der Waals surface area (Å²) in [7, 11) is 0. The van der Waals surface area contributed by atoms with Crippen molar-refractivity contribution in [3.8, 4) is 0 Å². The number of Topliss-reactive ketones (excluding diaryl/α,β-unsaturated/α-hetero) is 1. The van der Waals surface area contributed by atoms with Crippen LogP contribution in [0.1, 0.15) is 106 Å². The number of carbonyl (C=O) groups excluding carboxylic acids is 5. The summed E-state index contributed by atoms with van der Waals surface area (Å²) in [4.78, 5) is 67.6. The molecule has 4 amide bonds. The van der Waals surface area contributed by atoms with Crippen LogP contribution in [-0.2, 0) is 23.9 Å². The molecule has 1 saturated heterocycles. The van der Waals surface area contributed by atoms with E-state index in [1.807, 2.05) is 41.5 Å². The molecule has 2 fully saturated rings. The van der Waals surface area contributed by atoms with Crippen LogP contribution in [0, 0.1) is 16.7 Å². The quantitative estimate of drug-likeness (QED) is 0.0723. The molecule has 0 spiro atoms. The fourth-order valence-corrected chi connectivity index (χ4v) is 6.80. The van der Waals surface area contributed by atoms with Crippen LogP contribution in [0.3, 0.4) is 0 Å². The van der Waals surface area contributed by atoms with E-state index >= 15 is 0 Å². The van der Waals surface area contributed by atoms with E-state index in [1.165, 1.54) is 6.08 Å². The Kier molecular flexibility index (Phi) is 16.5. The summed E-state index contributed by atoms with van der Waals surface area (Å²) >= 11 is 0. The van der Waals surface area contributed by atoms with Crippen LogP contribution in [0.4, 0.5) is 4.79 Å². The molecule has 1 saturated carbocycles. The van der Waals surface area contributed by atoms with Crippen molar-refractivity contribution in [3.05, 3.63) is 12.7 Å². The zero-order valence-corrected chi connectivity index (χ0v) is 30.3. The first-order valence-electron chi connectivity index (χ1n) is 17.8. The highest BCUT2D eigenvalue weighted by Crippen LogP contribution is 2.41. The third-order valence-corrected chi connectivity index (χ3v) is 9.81. The van der Waals surface area contributed by atoms with Gasteiger partial charge >= 0.3 is 6.09 Å². The van der Waals surface area contributed by atoms with E-state index in [0.29, 0.717) is 32.4 Å². The molecule has 0 radical (unpaired) electrons. The molecule has 1 aliphatic carbocycles. The van der Waals surface area contributed by atoms with Crippen LogP contribution >= 0.6 is 0 Å². The predicted molar refractivity (Wildman–Crippen MR) is 184 cm³/mol. The van der Waals surface area contributed by atoms with Crippen LogP contribution < -0.4 is 26.6 Å². The van der Waals surface area contributed by atoms with Gasteiger partial charge in [0.1, 0.15) is 12.6 Å². The first-order valence-corrected chi connectivity index (χ1v) is 17.8. The molecule has 274 valence electrons. The lowest BCUT2D eigenvalue weighted by molar-refractivity contribution is -0.146. The van der Waals surface area contributed by atoms with Crippen molar-refractivity contribution in [2.45, 2.75) is 137 Å². The highest BCUT2D eigenvalue weighted by Gasteiger charge is 2.49. The first-order chi connectivity index (χ1) is 22.6. The second-order valence-corrected chi connectivity index (χ2v) is 14.6. The maximum absolute atomic E-state index is 14.6. The third kappa shape index (κ3) is 11.5. The number of carbonyl (C=O) groups is 5.